The predicted octanol–water partition coefficient (Wildman–Crippen LogP) is 3.34. The molecular formula is C13H12BrFN2O2. The van der Waals surface area contributed by atoms with Crippen LogP contribution in [0.15, 0.2) is 34.9 Å². The lowest BCUT2D eigenvalue weighted by atomic mass is 10.2. The molecule has 2 rings (SSSR count). The normalized spacial score (nSPS) is 11.0. The summed E-state index contributed by atoms with van der Waals surface area (Å²) in [5.41, 5.74) is 1.31. The van der Waals surface area contributed by atoms with Gasteiger partial charge in [-0.3, -0.25) is 0 Å². The van der Waals surface area contributed by atoms with Crippen molar-refractivity contribution in [3.63, 3.8) is 0 Å². The molecule has 0 unspecified atom stereocenters. The molecule has 0 aliphatic carbocycles. The fourth-order valence-electron chi connectivity index (χ4n) is 1.64. The third-order valence-electron chi connectivity index (χ3n) is 2.52. The van der Waals surface area contributed by atoms with Gasteiger partial charge in [0.05, 0.1) is 0 Å². The lowest BCUT2D eigenvalue weighted by Crippen LogP contribution is -2.07. The van der Waals surface area contributed by atoms with Crippen LogP contribution in [0.3, 0.4) is 0 Å². The molecular weight excluding hydrogens is 315 g/mol. The van der Waals surface area contributed by atoms with E-state index in [0.717, 1.165) is 0 Å². The molecule has 0 radical (unpaired) electrons. The number of hydrogen-bond donors (Lipinski definition) is 0. The zero-order valence-electron chi connectivity index (χ0n) is 10.4. The summed E-state index contributed by atoms with van der Waals surface area (Å²) in [5.74, 6) is 0.155. The minimum absolute atomic E-state index is 0.321. The van der Waals surface area contributed by atoms with E-state index in [0.29, 0.717) is 21.6 Å². The molecule has 0 saturated heterocycles. The van der Waals surface area contributed by atoms with Crippen LogP contribution in [0.1, 0.15) is 12.0 Å². The number of rotatable bonds is 4. The molecule has 0 atom stereocenters. The largest absolute Gasteiger partial charge is 0.350 e. The first kappa shape index (κ1) is 14.0. The minimum Gasteiger partial charge on any atom is -0.350 e. The molecule has 0 aliphatic heterocycles. The highest BCUT2D eigenvalue weighted by Gasteiger charge is 2.13. The Balaban J connectivity index is 2.43. The van der Waals surface area contributed by atoms with Gasteiger partial charge in [-0.05, 0) is 40.2 Å². The molecule has 1 heterocycles. The van der Waals surface area contributed by atoms with Crippen molar-refractivity contribution in [3.8, 4) is 11.4 Å². The number of benzene rings is 1. The quantitative estimate of drug-likeness (QED) is 0.808. The highest BCUT2D eigenvalue weighted by atomic mass is 79.9. The molecule has 100 valence electrons. The van der Waals surface area contributed by atoms with Crippen molar-refractivity contribution >= 4 is 15.9 Å². The second-order valence-electron chi connectivity index (χ2n) is 3.73. The van der Waals surface area contributed by atoms with Crippen LogP contribution in [0.25, 0.3) is 11.4 Å². The number of nitrogens with zero attached hydrogens (tertiary/aromatic N) is 2. The summed E-state index contributed by atoms with van der Waals surface area (Å²) in [5, 5.41) is 0. The van der Waals surface area contributed by atoms with E-state index in [1.54, 1.807) is 18.3 Å². The lowest BCUT2D eigenvalue weighted by Gasteiger charge is -2.13. The van der Waals surface area contributed by atoms with Crippen LogP contribution in [0.4, 0.5) is 4.39 Å². The Kier molecular flexibility index (Phi) is 4.57. The Morgan fingerprint density at radius 3 is 2.58 bits per heavy atom. The van der Waals surface area contributed by atoms with E-state index >= 15 is 0 Å². The fourth-order valence-corrected chi connectivity index (χ4v) is 2.17. The summed E-state index contributed by atoms with van der Waals surface area (Å²) in [7, 11) is 3.06. The maximum Gasteiger partial charge on any atom is 0.200 e. The first-order valence-corrected chi connectivity index (χ1v) is 6.29. The Bertz CT molecular complexity index is 576. The minimum atomic E-state index is -0.555. The van der Waals surface area contributed by atoms with Gasteiger partial charge in [0.2, 0.25) is 6.29 Å². The van der Waals surface area contributed by atoms with E-state index in [2.05, 4.69) is 25.9 Å². The van der Waals surface area contributed by atoms with Gasteiger partial charge in [-0.25, -0.2) is 14.4 Å². The zero-order chi connectivity index (χ0) is 13.8. The van der Waals surface area contributed by atoms with E-state index in [-0.39, 0.29) is 5.82 Å². The summed E-state index contributed by atoms with van der Waals surface area (Å²) in [6.45, 7) is 0. The van der Waals surface area contributed by atoms with Crippen molar-refractivity contribution in [1.82, 2.24) is 9.97 Å². The van der Waals surface area contributed by atoms with Gasteiger partial charge < -0.3 is 9.47 Å². The van der Waals surface area contributed by atoms with Crippen LogP contribution in [0, 0.1) is 5.82 Å². The maximum atomic E-state index is 13.1. The van der Waals surface area contributed by atoms with Crippen molar-refractivity contribution in [1.29, 1.82) is 0 Å². The lowest BCUT2D eigenvalue weighted by molar-refractivity contribution is -0.108. The summed E-state index contributed by atoms with van der Waals surface area (Å²) in [4.78, 5) is 8.54. The van der Waals surface area contributed by atoms with E-state index in [1.165, 1.54) is 26.4 Å². The van der Waals surface area contributed by atoms with Crippen LogP contribution >= 0.6 is 15.9 Å². The number of hydrogen-bond acceptors (Lipinski definition) is 4. The van der Waals surface area contributed by atoms with Crippen LogP contribution in [0.5, 0.6) is 0 Å². The smallest absolute Gasteiger partial charge is 0.200 e. The summed E-state index contributed by atoms with van der Waals surface area (Å²) in [6, 6.07) is 6.06. The molecule has 2 aromatic rings. The highest BCUT2D eigenvalue weighted by Crippen LogP contribution is 2.27. The van der Waals surface area contributed by atoms with Gasteiger partial charge in [-0.15, -0.1) is 0 Å². The third-order valence-corrected chi connectivity index (χ3v) is 3.17. The average molecular weight is 327 g/mol. The van der Waals surface area contributed by atoms with E-state index < -0.39 is 6.29 Å². The predicted molar refractivity (Wildman–Crippen MR) is 71.9 cm³/mol. The van der Waals surface area contributed by atoms with Gasteiger partial charge in [0.15, 0.2) is 5.82 Å². The van der Waals surface area contributed by atoms with Crippen molar-refractivity contribution < 1.29 is 13.9 Å². The Morgan fingerprint density at radius 1 is 1.21 bits per heavy atom. The van der Waals surface area contributed by atoms with Crippen molar-refractivity contribution in [3.05, 3.63) is 46.4 Å². The molecule has 0 amide bonds. The van der Waals surface area contributed by atoms with Gasteiger partial charge in [-0.2, -0.15) is 0 Å². The van der Waals surface area contributed by atoms with Gasteiger partial charge >= 0.3 is 0 Å². The second kappa shape index (κ2) is 6.18. The fraction of sp³-hybridized carbons (Fsp3) is 0.231. The summed E-state index contributed by atoms with van der Waals surface area (Å²) >= 11 is 3.30. The first-order valence-electron chi connectivity index (χ1n) is 5.49. The molecule has 0 fully saturated rings. The standard InChI is InChI=1S/C13H12BrFN2O2/c1-18-13(19-2)11-5-6-16-12(17-11)9-4-3-8(15)7-10(9)14/h3-7,13H,1-2H3. The van der Waals surface area contributed by atoms with Gasteiger partial charge in [-0.1, -0.05) is 0 Å². The van der Waals surface area contributed by atoms with Crippen LogP contribution in [0.2, 0.25) is 0 Å². The van der Waals surface area contributed by atoms with Crippen molar-refractivity contribution in [2.24, 2.45) is 0 Å². The number of halogens is 2. The monoisotopic (exact) mass is 326 g/mol. The molecule has 0 saturated carbocycles. The number of ether oxygens (including phenoxy) is 2. The SMILES string of the molecule is COC(OC)c1ccnc(-c2ccc(F)cc2Br)n1. The molecule has 1 aromatic heterocycles. The Hall–Kier alpha value is -1.37. The third kappa shape index (κ3) is 3.15. The zero-order valence-corrected chi connectivity index (χ0v) is 12.0. The van der Waals surface area contributed by atoms with E-state index in [1.807, 2.05) is 0 Å². The van der Waals surface area contributed by atoms with Gasteiger partial charge in [0.25, 0.3) is 0 Å². The Morgan fingerprint density at radius 2 is 1.95 bits per heavy atom. The topological polar surface area (TPSA) is 44.2 Å². The molecule has 0 aliphatic rings. The van der Waals surface area contributed by atoms with Crippen molar-refractivity contribution in [2.75, 3.05) is 14.2 Å². The summed E-state index contributed by atoms with van der Waals surface area (Å²) < 4.78 is 23.9. The molecule has 0 N–H and O–H groups in total. The molecule has 4 nitrogen and oxygen atoms in total. The van der Waals surface area contributed by atoms with Crippen LogP contribution < -0.4 is 0 Å². The summed E-state index contributed by atoms with van der Waals surface area (Å²) in [6.07, 6.45) is 1.05. The Labute approximate surface area is 118 Å². The van der Waals surface area contributed by atoms with Crippen molar-refractivity contribution in [2.45, 2.75) is 6.29 Å². The van der Waals surface area contributed by atoms with E-state index in [9.17, 15) is 4.39 Å². The van der Waals surface area contributed by atoms with E-state index in [4.69, 9.17) is 9.47 Å². The van der Waals surface area contributed by atoms with Gasteiger partial charge in [0, 0.05) is 30.5 Å². The molecule has 1 aromatic carbocycles. The molecule has 0 bridgehead atoms. The first-order chi connectivity index (χ1) is 9.15. The molecule has 0 spiro atoms. The maximum absolute atomic E-state index is 13.1. The average Bonchev–Trinajstić information content (AvgIpc) is 2.40. The van der Waals surface area contributed by atoms with Crippen LogP contribution in [-0.2, 0) is 9.47 Å². The molecule has 6 heteroatoms. The molecule has 19 heavy (non-hydrogen) atoms. The van der Waals surface area contributed by atoms with Crippen LogP contribution in [-0.4, -0.2) is 24.2 Å². The number of methoxy groups -OCH3 is 2. The highest BCUT2D eigenvalue weighted by molar-refractivity contribution is 9.10. The van der Waals surface area contributed by atoms with Gasteiger partial charge in [0.1, 0.15) is 11.5 Å². The second-order valence-corrected chi connectivity index (χ2v) is 4.59. The number of aromatic nitrogens is 2.